The Morgan fingerprint density at radius 2 is 2.10 bits per heavy atom. The van der Waals surface area contributed by atoms with Crippen LogP contribution in [-0.2, 0) is 6.42 Å². The summed E-state index contributed by atoms with van der Waals surface area (Å²) in [7, 11) is 1.57. The third-order valence-corrected chi connectivity index (χ3v) is 3.94. The summed E-state index contributed by atoms with van der Waals surface area (Å²) >= 11 is 0. The summed E-state index contributed by atoms with van der Waals surface area (Å²) in [5.74, 6) is 0.615. The number of nitrogens with one attached hydrogen (secondary N) is 1. The van der Waals surface area contributed by atoms with Gasteiger partial charge in [0.05, 0.1) is 18.8 Å². The Bertz CT molecular complexity index is 657. The zero-order valence-electron chi connectivity index (χ0n) is 11.9. The molecular formula is C17H18FNO2. The molecule has 0 heterocycles. The van der Waals surface area contributed by atoms with Crippen molar-refractivity contribution < 1.29 is 14.2 Å². The number of ether oxygens (including phenoxy) is 1. The molecule has 3 nitrogen and oxygen atoms in total. The van der Waals surface area contributed by atoms with Crippen LogP contribution in [0.2, 0.25) is 0 Å². The van der Waals surface area contributed by atoms with Gasteiger partial charge in [0.25, 0.3) is 0 Å². The molecule has 110 valence electrons. The van der Waals surface area contributed by atoms with Crippen molar-refractivity contribution in [3.05, 3.63) is 53.3 Å². The average molecular weight is 287 g/mol. The maximum absolute atomic E-state index is 13.9. The van der Waals surface area contributed by atoms with Crippen molar-refractivity contribution in [1.29, 1.82) is 0 Å². The molecule has 1 aliphatic rings. The van der Waals surface area contributed by atoms with E-state index in [9.17, 15) is 9.50 Å². The summed E-state index contributed by atoms with van der Waals surface area (Å²) in [5.41, 5.74) is 2.70. The van der Waals surface area contributed by atoms with Gasteiger partial charge in [-0.05, 0) is 54.7 Å². The first-order valence-electron chi connectivity index (χ1n) is 7.09. The van der Waals surface area contributed by atoms with Gasteiger partial charge in [0.15, 0.2) is 0 Å². The van der Waals surface area contributed by atoms with Crippen molar-refractivity contribution in [2.75, 3.05) is 12.4 Å². The summed E-state index contributed by atoms with van der Waals surface area (Å²) < 4.78 is 19.1. The first-order valence-corrected chi connectivity index (χ1v) is 7.09. The van der Waals surface area contributed by atoms with Crippen LogP contribution in [0.4, 0.5) is 10.1 Å². The number of phenolic OH excluding ortho intramolecular Hbond substituents is 1. The minimum absolute atomic E-state index is 0.0518. The molecule has 2 aromatic rings. The van der Waals surface area contributed by atoms with E-state index in [0.717, 1.165) is 30.4 Å². The predicted octanol–water partition coefficient (Wildman–Crippen LogP) is 4.03. The predicted molar refractivity (Wildman–Crippen MR) is 80.4 cm³/mol. The first kappa shape index (κ1) is 13.7. The smallest absolute Gasteiger partial charge is 0.146 e. The third-order valence-electron chi connectivity index (χ3n) is 3.94. The van der Waals surface area contributed by atoms with Gasteiger partial charge in [-0.15, -0.1) is 0 Å². The van der Waals surface area contributed by atoms with Crippen molar-refractivity contribution in [2.24, 2.45) is 0 Å². The molecule has 0 bridgehead atoms. The summed E-state index contributed by atoms with van der Waals surface area (Å²) in [6.45, 7) is 0. The molecule has 0 aromatic heterocycles. The number of hydrogen-bond acceptors (Lipinski definition) is 3. The third kappa shape index (κ3) is 2.79. The molecule has 4 heteroatoms. The Morgan fingerprint density at radius 3 is 2.90 bits per heavy atom. The molecule has 0 saturated carbocycles. The molecule has 3 rings (SSSR count). The molecule has 1 atom stereocenters. The van der Waals surface area contributed by atoms with Crippen LogP contribution in [0.1, 0.15) is 30.0 Å². The number of hydrogen-bond donors (Lipinski definition) is 2. The van der Waals surface area contributed by atoms with Crippen molar-refractivity contribution >= 4 is 5.69 Å². The van der Waals surface area contributed by atoms with Gasteiger partial charge in [-0.25, -0.2) is 4.39 Å². The van der Waals surface area contributed by atoms with Crippen molar-refractivity contribution in [2.45, 2.75) is 25.3 Å². The zero-order chi connectivity index (χ0) is 14.8. The SMILES string of the molecule is COc1ccc(F)c(NC2CCCc3cc(O)ccc32)c1. The molecule has 1 unspecified atom stereocenters. The average Bonchev–Trinajstić information content (AvgIpc) is 2.49. The van der Waals surface area contributed by atoms with Gasteiger partial charge >= 0.3 is 0 Å². The Labute approximate surface area is 123 Å². The topological polar surface area (TPSA) is 41.5 Å². The second-order valence-corrected chi connectivity index (χ2v) is 5.32. The Balaban J connectivity index is 1.90. The summed E-state index contributed by atoms with van der Waals surface area (Å²) in [4.78, 5) is 0. The maximum Gasteiger partial charge on any atom is 0.146 e. The minimum atomic E-state index is -0.290. The first-order chi connectivity index (χ1) is 10.2. The lowest BCUT2D eigenvalue weighted by atomic mass is 9.87. The van der Waals surface area contributed by atoms with E-state index in [1.165, 1.54) is 6.07 Å². The number of fused-ring (bicyclic) bond motifs is 1. The van der Waals surface area contributed by atoms with Gasteiger partial charge < -0.3 is 15.2 Å². The number of aryl methyl sites for hydroxylation is 1. The van der Waals surface area contributed by atoms with E-state index in [1.54, 1.807) is 31.4 Å². The number of methoxy groups -OCH3 is 1. The molecule has 1 aliphatic carbocycles. The highest BCUT2D eigenvalue weighted by molar-refractivity contribution is 5.52. The fourth-order valence-corrected chi connectivity index (χ4v) is 2.88. The van der Waals surface area contributed by atoms with Crippen LogP contribution in [0, 0.1) is 5.82 Å². The fourth-order valence-electron chi connectivity index (χ4n) is 2.88. The largest absolute Gasteiger partial charge is 0.508 e. The van der Waals surface area contributed by atoms with Crippen molar-refractivity contribution in [3.8, 4) is 11.5 Å². The van der Waals surface area contributed by atoms with Crippen LogP contribution < -0.4 is 10.1 Å². The van der Waals surface area contributed by atoms with E-state index in [2.05, 4.69) is 5.32 Å². The maximum atomic E-state index is 13.9. The normalized spacial score (nSPS) is 17.1. The monoisotopic (exact) mass is 287 g/mol. The lowest BCUT2D eigenvalue weighted by Gasteiger charge is -2.27. The molecule has 2 N–H and O–H groups in total. The van der Waals surface area contributed by atoms with Gasteiger partial charge in [0, 0.05) is 6.07 Å². The van der Waals surface area contributed by atoms with Gasteiger partial charge in [-0.2, -0.15) is 0 Å². The second kappa shape index (κ2) is 5.64. The zero-order valence-corrected chi connectivity index (χ0v) is 11.9. The van der Waals surface area contributed by atoms with E-state index in [0.29, 0.717) is 11.4 Å². The van der Waals surface area contributed by atoms with E-state index in [-0.39, 0.29) is 17.6 Å². The van der Waals surface area contributed by atoms with Gasteiger partial charge in [-0.3, -0.25) is 0 Å². The lowest BCUT2D eigenvalue weighted by molar-refractivity contribution is 0.414. The van der Waals surface area contributed by atoms with Crippen molar-refractivity contribution in [1.82, 2.24) is 0 Å². The number of benzene rings is 2. The lowest BCUT2D eigenvalue weighted by Crippen LogP contribution is -2.18. The Hall–Kier alpha value is -2.23. The summed E-state index contributed by atoms with van der Waals surface area (Å²) in [5, 5.41) is 12.8. The standard InChI is InChI=1S/C17H18FNO2/c1-21-13-6-8-15(18)17(10-13)19-16-4-2-3-11-9-12(20)5-7-14(11)16/h5-10,16,19-20H,2-4H2,1H3. The number of aromatic hydroxyl groups is 1. The van der Waals surface area contributed by atoms with Crippen LogP contribution in [0.3, 0.4) is 0 Å². The van der Waals surface area contributed by atoms with Crippen molar-refractivity contribution in [3.63, 3.8) is 0 Å². The van der Waals surface area contributed by atoms with Gasteiger partial charge in [0.2, 0.25) is 0 Å². The molecule has 2 aromatic carbocycles. The van der Waals surface area contributed by atoms with E-state index >= 15 is 0 Å². The molecule has 0 radical (unpaired) electrons. The molecule has 0 spiro atoms. The highest BCUT2D eigenvalue weighted by Gasteiger charge is 2.21. The van der Waals surface area contributed by atoms with Gasteiger partial charge in [-0.1, -0.05) is 6.07 Å². The molecule has 0 saturated heterocycles. The number of rotatable bonds is 3. The van der Waals surface area contributed by atoms with E-state index in [1.807, 2.05) is 6.07 Å². The number of halogens is 1. The highest BCUT2D eigenvalue weighted by atomic mass is 19.1. The molecular weight excluding hydrogens is 269 g/mol. The highest BCUT2D eigenvalue weighted by Crippen LogP contribution is 2.35. The van der Waals surface area contributed by atoms with E-state index < -0.39 is 0 Å². The van der Waals surface area contributed by atoms with Crippen LogP contribution >= 0.6 is 0 Å². The second-order valence-electron chi connectivity index (χ2n) is 5.32. The van der Waals surface area contributed by atoms with E-state index in [4.69, 9.17) is 4.74 Å². The minimum Gasteiger partial charge on any atom is -0.508 e. The molecule has 0 aliphatic heterocycles. The number of phenols is 1. The van der Waals surface area contributed by atoms with Crippen LogP contribution in [0.5, 0.6) is 11.5 Å². The number of anilines is 1. The summed E-state index contributed by atoms with van der Waals surface area (Å²) in [6.07, 6.45) is 2.90. The quantitative estimate of drug-likeness (QED) is 0.895. The van der Waals surface area contributed by atoms with Gasteiger partial charge in [0.1, 0.15) is 17.3 Å². The fraction of sp³-hybridized carbons (Fsp3) is 0.294. The van der Waals surface area contributed by atoms with Crippen LogP contribution in [0.15, 0.2) is 36.4 Å². The van der Waals surface area contributed by atoms with Crippen LogP contribution in [-0.4, -0.2) is 12.2 Å². The summed E-state index contributed by atoms with van der Waals surface area (Å²) in [6, 6.07) is 10.1. The molecule has 21 heavy (non-hydrogen) atoms. The Kier molecular flexibility index (Phi) is 3.69. The Morgan fingerprint density at radius 1 is 1.24 bits per heavy atom. The molecule has 0 fully saturated rings. The van der Waals surface area contributed by atoms with Crippen LogP contribution in [0.25, 0.3) is 0 Å². The molecule has 0 amide bonds.